The number of ether oxygens (including phenoxy) is 7. The molecule has 3 aromatic carbocycles. The zero-order valence-electron chi connectivity index (χ0n) is 28.8. The Balaban J connectivity index is 1.16. The Hall–Kier alpha value is -5.01. The Morgan fingerprint density at radius 1 is 0.981 bits per heavy atom. The first-order valence-electron chi connectivity index (χ1n) is 16.9. The van der Waals surface area contributed by atoms with Gasteiger partial charge in [-0.3, -0.25) is 10.1 Å². The van der Waals surface area contributed by atoms with Crippen molar-refractivity contribution < 1.29 is 61.2 Å². The van der Waals surface area contributed by atoms with Crippen LogP contribution in [-0.2, 0) is 30.7 Å². The van der Waals surface area contributed by atoms with E-state index in [1.54, 1.807) is 12.1 Å². The molecule has 2 fully saturated rings. The van der Waals surface area contributed by atoms with E-state index in [1.807, 2.05) is 13.8 Å². The minimum atomic E-state index is -4.15. The molecule has 0 aliphatic carbocycles. The molecule has 3 heterocycles. The normalized spacial score (nSPS) is 20.1. The number of non-ortho nitro benzene ring substituents is 1. The summed E-state index contributed by atoms with van der Waals surface area (Å²) < 4.78 is 66.8. The summed E-state index contributed by atoms with van der Waals surface area (Å²) in [4.78, 5) is 35.8. The van der Waals surface area contributed by atoms with E-state index in [0.29, 0.717) is 24.3 Å². The fraction of sp³-hybridized carbons (Fsp3) is 0.429. The molecule has 53 heavy (non-hydrogen) atoms. The fourth-order valence-corrected chi connectivity index (χ4v) is 7.79. The number of alkyl carbamates (subject to hydrolysis) is 1. The molecule has 0 saturated carbocycles. The highest BCUT2D eigenvalue weighted by Gasteiger charge is 2.44. The number of aliphatic hydroxyl groups excluding tert-OH is 1. The number of sulfonamides is 1. The molecule has 284 valence electrons. The lowest BCUT2D eigenvalue weighted by Gasteiger charge is -2.31. The first-order chi connectivity index (χ1) is 25.3. The number of nitro groups is 1. The molecule has 3 aliphatic rings. The third-order valence-electron chi connectivity index (χ3n) is 8.78. The molecule has 0 radical (unpaired) electrons. The number of amides is 1. The number of nitrogens with one attached hydrogen (secondary N) is 1. The fourth-order valence-electron chi connectivity index (χ4n) is 6.15. The van der Waals surface area contributed by atoms with Crippen molar-refractivity contribution in [1.29, 1.82) is 0 Å². The standard InChI is InChI=1S/C35H39N3O14S/c1-21(2)17-37(53(44,45)26-11-12-30-31(16-26)49-20-48-30)18-29(39)28(36-34(40)52-32-19-47-33-27(32)13-14-46-33)15-22-3-7-24(8-4-22)50-35(41)51-25-9-5-23(6-10-25)38(42)43/h3-12,16,21,27-29,32-33,39H,13-15,17-20H2,1-2H3,(H,36,40). The van der Waals surface area contributed by atoms with Crippen molar-refractivity contribution in [2.24, 2.45) is 11.8 Å². The van der Waals surface area contributed by atoms with Crippen LogP contribution in [0.25, 0.3) is 0 Å². The van der Waals surface area contributed by atoms with Gasteiger partial charge in [0, 0.05) is 31.3 Å². The van der Waals surface area contributed by atoms with Crippen LogP contribution in [0.4, 0.5) is 15.3 Å². The smallest absolute Gasteiger partial charge is 0.454 e. The maximum atomic E-state index is 13.9. The number of fused-ring (bicyclic) bond motifs is 2. The summed E-state index contributed by atoms with van der Waals surface area (Å²) in [5, 5.41) is 25.2. The lowest BCUT2D eigenvalue weighted by atomic mass is 10.0. The molecule has 2 saturated heterocycles. The number of hydrogen-bond acceptors (Lipinski definition) is 14. The Bertz CT molecular complexity index is 1890. The van der Waals surface area contributed by atoms with E-state index in [2.05, 4.69) is 5.32 Å². The topological polar surface area (TPSA) is 212 Å². The quantitative estimate of drug-likeness (QED) is 0.103. The van der Waals surface area contributed by atoms with Gasteiger partial charge in [-0.2, -0.15) is 4.31 Å². The summed E-state index contributed by atoms with van der Waals surface area (Å²) in [5.41, 5.74) is 0.420. The molecule has 5 atom stereocenters. The molecule has 5 unspecified atom stereocenters. The molecule has 3 aliphatic heterocycles. The monoisotopic (exact) mass is 757 g/mol. The summed E-state index contributed by atoms with van der Waals surface area (Å²) in [5.74, 6) is 0.610. The molecule has 6 rings (SSSR count). The first kappa shape index (κ1) is 37.7. The Morgan fingerprint density at radius 3 is 2.34 bits per heavy atom. The first-order valence-corrected chi connectivity index (χ1v) is 18.3. The van der Waals surface area contributed by atoms with Crippen molar-refractivity contribution in [1.82, 2.24) is 9.62 Å². The van der Waals surface area contributed by atoms with Crippen LogP contribution >= 0.6 is 0 Å². The minimum Gasteiger partial charge on any atom is -0.454 e. The van der Waals surface area contributed by atoms with Crippen molar-refractivity contribution >= 4 is 28.0 Å². The van der Waals surface area contributed by atoms with E-state index in [9.17, 15) is 33.2 Å². The van der Waals surface area contributed by atoms with E-state index in [0.717, 1.165) is 0 Å². The zero-order chi connectivity index (χ0) is 37.7. The summed E-state index contributed by atoms with van der Waals surface area (Å²) in [6.45, 7) is 3.98. The van der Waals surface area contributed by atoms with Gasteiger partial charge >= 0.3 is 12.2 Å². The van der Waals surface area contributed by atoms with Gasteiger partial charge in [0.25, 0.3) is 5.69 Å². The van der Waals surface area contributed by atoms with Gasteiger partial charge in [0.05, 0.1) is 41.1 Å². The van der Waals surface area contributed by atoms with Crippen LogP contribution in [0.3, 0.4) is 0 Å². The van der Waals surface area contributed by atoms with Gasteiger partial charge < -0.3 is 43.6 Å². The predicted octanol–water partition coefficient (Wildman–Crippen LogP) is 4.01. The Morgan fingerprint density at radius 2 is 1.66 bits per heavy atom. The average Bonchev–Trinajstić information content (AvgIpc) is 3.87. The number of carbonyl (C=O) groups excluding carboxylic acids is 2. The van der Waals surface area contributed by atoms with Gasteiger partial charge in [-0.1, -0.05) is 26.0 Å². The maximum absolute atomic E-state index is 13.9. The Kier molecular flexibility index (Phi) is 11.6. The summed E-state index contributed by atoms with van der Waals surface area (Å²) in [6, 6.07) is 14.3. The SMILES string of the molecule is CC(C)CN(CC(O)C(Cc1ccc(OC(=O)Oc2ccc([N+](=O)[O-])cc2)cc1)NC(=O)OC1COC2OCCC12)S(=O)(=O)c1ccc2c(c1)OCO2. The number of nitro benzene ring substituents is 1. The third-order valence-corrected chi connectivity index (χ3v) is 10.6. The molecule has 17 nitrogen and oxygen atoms in total. The van der Waals surface area contributed by atoms with Gasteiger partial charge in [-0.25, -0.2) is 18.0 Å². The number of carbonyl (C=O) groups is 2. The lowest BCUT2D eigenvalue weighted by molar-refractivity contribution is -0.384. The molecular formula is C35H39N3O14S. The van der Waals surface area contributed by atoms with Crippen LogP contribution in [0.1, 0.15) is 25.8 Å². The number of benzene rings is 3. The van der Waals surface area contributed by atoms with E-state index < -0.39 is 51.7 Å². The van der Waals surface area contributed by atoms with E-state index in [-0.39, 0.29) is 72.6 Å². The molecule has 18 heteroatoms. The van der Waals surface area contributed by atoms with Crippen LogP contribution in [0.2, 0.25) is 0 Å². The van der Waals surface area contributed by atoms with Crippen LogP contribution in [0, 0.1) is 22.0 Å². The van der Waals surface area contributed by atoms with Gasteiger partial charge in [-0.05, 0) is 60.7 Å². The summed E-state index contributed by atoms with van der Waals surface area (Å²) in [6.07, 6.45) is -3.65. The van der Waals surface area contributed by atoms with Crippen LogP contribution in [0.15, 0.2) is 71.6 Å². The highest BCUT2D eigenvalue weighted by Crippen LogP contribution is 2.35. The average molecular weight is 758 g/mol. The largest absolute Gasteiger partial charge is 0.519 e. The number of rotatable bonds is 14. The molecular weight excluding hydrogens is 718 g/mol. The highest BCUT2D eigenvalue weighted by atomic mass is 32.2. The third kappa shape index (κ3) is 9.33. The van der Waals surface area contributed by atoms with Crippen molar-refractivity contribution in [3.8, 4) is 23.0 Å². The second kappa shape index (κ2) is 16.3. The van der Waals surface area contributed by atoms with E-state index in [4.69, 9.17) is 33.2 Å². The summed E-state index contributed by atoms with van der Waals surface area (Å²) in [7, 11) is -4.15. The van der Waals surface area contributed by atoms with Gasteiger partial charge in [-0.15, -0.1) is 0 Å². The number of hydrogen-bond donors (Lipinski definition) is 2. The zero-order valence-corrected chi connectivity index (χ0v) is 29.6. The maximum Gasteiger partial charge on any atom is 0.519 e. The van der Waals surface area contributed by atoms with Crippen LogP contribution in [-0.4, -0.2) is 92.6 Å². The Labute approximate surface area is 304 Å². The predicted molar refractivity (Wildman–Crippen MR) is 183 cm³/mol. The second-order valence-electron chi connectivity index (χ2n) is 13.1. The summed E-state index contributed by atoms with van der Waals surface area (Å²) >= 11 is 0. The van der Waals surface area contributed by atoms with Crippen LogP contribution in [0.5, 0.6) is 23.0 Å². The van der Waals surface area contributed by atoms with Crippen molar-refractivity contribution in [3.63, 3.8) is 0 Å². The van der Waals surface area contributed by atoms with Crippen molar-refractivity contribution in [3.05, 3.63) is 82.4 Å². The molecule has 0 aromatic heterocycles. The number of nitrogens with zero attached hydrogens (tertiary/aromatic N) is 2. The van der Waals surface area contributed by atoms with E-state index >= 15 is 0 Å². The van der Waals surface area contributed by atoms with Crippen LogP contribution < -0.4 is 24.3 Å². The number of aliphatic hydroxyl groups is 1. The van der Waals surface area contributed by atoms with E-state index in [1.165, 1.54) is 58.9 Å². The van der Waals surface area contributed by atoms with Gasteiger partial charge in [0.2, 0.25) is 16.8 Å². The second-order valence-corrected chi connectivity index (χ2v) is 15.0. The van der Waals surface area contributed by atoms with Gasteiger partial charge in [0.15, 0.2) is 17.8 Å². The molecule has 0 bridgehead atoms. The molecule has 2 N–H and O–H groups in total. The molecule has 3 aromatic rings. The molecule has 0 spiro atoms. The van der Waals surface area contributed by atoms with Crippen molar-refractivity contribution in [2.75, 3.05) is 33.1 Å². The van der Waals surface area contributed by atoms with Gasteiger partial charge in [0.1, 0.15) is 17.6 Å². The lowest BCUT2D eigenvalue weighted by Crippen LogP contribution is -2.51. The highest BCUT2D eigenvalue weighted by molar-refractivity contribution is 7.89. The van der Waals surface area contributed by atoms with Crippen molar-refractivity contribution in [2.45, 2.75) is 56.1 Å². The molecule has 1 amide bonds. The minimum absolute atomic E-state index is 0.0275.